The van der Waals surface area contributed by atoms with Gasteiger partial charge >= 0.3 is 0 Å². The molecule has 0 unspecified atom stereocenters. The lowest BCUT2D eigenvalue weighted by Gasteiger charge is -2.22. The number of anilines is 1. The Morgan fingerprint density at radius 3 is 2.59 bits per heavy atom. The smallest absolute Gasteiger partial charge is 0.237 e. The monoisotopic (exact) mass is 383 g/mol. The number of amides is 1. The maximum absolute atomic E-state index is 12.9. The first kappa shape index (κ1) is 19.4. The third kappa shape index (κ3) is 4.69. The van der Waals surface area contributed by atoms with E-state index in [2.05, 4.69) is 33.8 Å². The number of carbonyl (C=O) groups excluding carboxylic acids is 1. The largest absolute Gasteiger partial charge is 0.311 e. The molecule has 0 radical (unpaired) electrons. The minimum Gasteiger partial charge on any atom is -0.311 e. The summed E-state index contributed by atoms with van der Waals surface area (Å²) in [7, 11) is 0. The van der Waals surface area contributed by atoms with Crippen LogP contribution in [0.3, 0.4) is 0 Å². The fourth-order valence-corrected chi connectivity index (χ4v) is 4.10. The molecule has 0 bridgehead atoms. The molecule has 0 N–H and O–H groups in total. The van der Waals surface area contributed by atoms with Gasteiger partial charge in [-0.25, -0.2) is 0 Å². The van der Waals surface area contributed by atoms with Gasteiger partial charge in [0.2, 0.25) is 5.91 Å². The highest BCUT2D eigenvalue weighted by Gasteiger charge is 2.30. The predicted octanol–water partition coefficient (Wildman–Crippen LogP) is 3.83. The number of benzene rings is 1. The maximum atomic E-state index is 12.9. The van der Waals surface area contributed by atoms with E-state index in [-0.39, 0.29) is 11.7 Å². The molecule has 1 aliphatic carbocycles. The van der Waals surface area contributed by atoms with Crippen molar-refractivity contribution < 1.29 is 4.79 Å². The van der Waals surface area contributed by atoms with Crippen molar-refractivity contribution in [1.82, 2.24) is 14.8 Å². The number of aryl methyl sites for hydroxylation is 2. The summed E-state index contributed by atoms with van der Waals surface area (Å²) in [4.78, 5) is 14.6. The Kier molecular flexibility index (Phi) is 6.17. The quantitative estimate of drug-likeness (QED) is 0.648. The number of nitrogens with zero attached hydrogens (tertiary/aromatic N) is 5. The molecule has 3 rings (SSSR count). The standard InChI is InChI=1S/C20H25N5OS/c1-4-24-19(16-6-7-16)22-23-20(24)27-13-18(26)25(9-5-8-21)17-11-14(2)10-15(3)12-17/h10-12,16H,4-7,9,13H2,1-3H3. The van der Waals surface area contributed by atoms with E-state index in [4.69, 9.17) is 5.26 Å². The second kappa shape index (κ2) is 8.57. The molecule has 1 fully saturated rings. The summed E-state index contributed by atoms with van der Waals surface area (Å²) in [5.74, 6) is 1.84. The van der Waals surface area contributed by atoms with Crippen LogP contribution < -0.4 is 4.90 Å². The maximum Gasteiger partial charge on any atom is 0.237 e. The fraction of sp³-hybridized carbons (Fsp3) is 0.500. The Labute approximate surface area is 164 Å². The van der Waals surface area contributed by atoms with Crippen molar-refractivity contribution in [2.45, 2.75) is 57.7 Å². The molecule has 142 valence electrons. The minimum atomic E-state index is -0.0149. The van der Waals surface area contributed by atoms with Gasteiger partial charge in [0, 0.05) is 24.7 Å². The third-order valence-electron chi connectivity index (χ3n) is 4.60. The second-order valence-electron chi connectivity index (χ2n) is 6.95. The molecule has 0 spiro atoms. The molecule has 6 nitrogen and oxygen atoms in total. The van der Waals surface area contributed by atoms with Gasteiger partial charge in [0.15, 0.2) is 5.16 Å². The summed E-state index contributed by atoms with van der Waals surface area (Å²) >= 11 is 1.43. The normalized spacial score (nSPS) is 13.4. The topological polar surface area (TPSA) is 74.8 Å². The Morgan fingerprint density at radius 1 is 1.30 bits per heavy atom. The van der Waals surface area contributed by atoms with Crippen LogP contribution in [0.15, 0.2) is 23.4 Å². The zero-order chi connectivity index (χ0) is 19.4. The lowest BCUT2D eigenvalue weighted by molar-refractivity contribution is -0.116. The minimum absolute atomic E-state index is 0.0149. The summed E-state index contributed by atoms with van der Waals surface area (Å²) in [6.45, 7) is 7.32. The first-order valence-corrected chi connectivity index (χ1v) is 10.3. The molecule has 1 aliphatic rings. The van der Waals surface area contributed by atoms with Gasteiger partial charge in [0.25, 0.3) is 0 Å². The van der Waals surface area contributed by atoms with Crippen LogP contribution in [0.5, 0.6) is 0 Å². The van der Waals surface area contributed by atoms with E-state index in [9.17, 15) is 4.79 Å². The molecule has 0 atom stereocenters. The lowest BCUT2D eigenvalue weighted by Crippen LogP contribution is -2.33. The van der Waals surface area contributed by atoms with Crippen molar-refractivity contribution in [1.29, 1.82) is 5.26 Å². The van der Waals surface area contributed by atoms with Gasteiger partial charge in [0.05, 0.1) is 18.2 Å². The van der Waals surface area contributed by atoms with Crippen molar-refractivity contribution in [2.24, 2.45) is 0 Å². The molecule has 1 aromatic heterocycles. The number of rotatable bonds is 8. The van der Waals surface area contributed by atoms with Crippen molar-refractivity contribution >= 4 is 23.4 Å². The highest BCUT2D eigenvalue weighted by Crippen LogP contribution is 2.40. The Morgan fingerprint density at radius 2 is 2.00 bits per heavy atom. The Hall–Kier alpha value is -2.33. The molecule has 7 heteroatoms. The van der Waals surface area contributed by atoms with Gasteiger partial charge in [-0.3, -0.25) is 4.79 Å². The highest BCUT2D eigenvalue weighted by molar-refractivity contribution is 7.99. The highest BCUT2D eigenvalue weighted by atomic mass is 32.2. The fourth-order valence-electron chi connectivity index (χ4n) is 3.22. The SMILES string of the molecule is CCn1c(SCC(=O)N(CCC#N)c2cc(C)cc(C)c2)nnc1C1CC1. The average Bonchev–Trinajstić information content (AvgIpc) is 3.39. The van der Waals surface area contributed by atoms with E-state index in [1.54, 1.807) is 4.90 Å². The third-order valence-corrected chi connectivity index (χ3v) is 5.55. The molecule has 27 heavy (non-hydrogen) atoms. The van der Waals surface area contributed by atoms with Crippen LogP contribution in [-0.2, 0) is 11.3 Å². The molecule has 0 saturated heterocycles. The van der Waals surface area contributed by atoms with Gasteiger partial charge in [-0.05, 0) is 56.9 Å². The van der Waals surface area contributed by atoms with Gasteiger partial charge in [-0.2, -0.15) is 5.26 Å². The summed E-state index contributed by atoms with van der Waals surface area (Å²) in [6, 6.07) is 8.20. The van der Waals surface area contributed by atoms with E-state index in [1.165, 1.54) is 24.6 Å². The summed E-state index contributed by atoms with van der Waals surface area (Å²) in [5, 5.41) is 18.4. The predicted molar refractivity (Wildman–Crippen MR) is 107 cm³/mol. The molecular weight excluding hydrogens is 358 g/mol. The van der Waals surface area contributed by atoms with Gasteiger partial charge in [-0.1, -0.05) is 17.8 Å². The molecular formula is C20H25N5OS. The van der Waals surface area contributed by atoms with Gasteiger partial charge in [-0.15, -0.1) is 10.2 Å². The molecule has 1 heterocycles. The van der Waals surface area contributed by atoms with Crippen LogP contribution in [0.4, 0.5) is 5.69 Å². The molecule has 0 aliphatic heterocycles. The van der Waals surface area contributed by atoms with Crippen molar-refractivity contribution in [3.8, 4) is 6.07 Å². The van der Waals surface area contributed by atoms with E-state index < -0.39 is 0 Å². The van der Waals surface area contributed by atoms with Crippen LogP contribution in [0.2, 0.25) is 0 Å². The summed E-state index contributed by atoms with van der Waals surface area (Å²) < 4.78 is 2.12. The number of nitriles is 1. The molecule has 1 aromatic carbocycles. The van der Waals surface area contributed by atoms with Crippen molar-refractivity contribution in [3.05, 3.63) is 35.2 Å². The van der Waals surface area contributed by atoms with Crippen LogP contribution in [0.1, 0.15) is 49.1 Å². The first-order chi connectivity index (χ1) is 13.0. The van der Waals surface area contributed by atoms with Crippen molar-refractivity contribution in [3.63, 3.8) is 0 Å². The van der Waals surface area contributed by atoms with Crippen LogP contribution >= 0.6 is 11.8 Å². The zero-order valence-corrected chi connectivity index (χ0v) is 16.9. The summed E-state index contributed by atoms with van der Waals surface area (Å²) in [5.41, 5.74) is 3.06. The van der Waals surface area contributed by atoms with E-state index >= 15 is 0 Å². The van der Waals surface area contributed by atoms with E-state index in [1.807, 2.05) is 26.0 Å². The van der Waals surface area contributed by atoms with E-state index in [0.29, 0.717) is 18.9 Å². The lowest BCUT2D eigenvalue weighted by atomic mass is 10.1. The Bertz CT molecular complexity index is 845. The molecule has 2 aromatic rings. The van der Waals surface area contributed by atoms with Crippen LogP contribution in [0.25, 0.3) is 0 Å². The van der Waals surface area contributed by atoms with Gasteiger partial charge in [0.1, 0.15) is 5.82 Å². The van der Waals surface area contributed by atoms with Crippen LogP contribution in [-0.4, -0.2) is 33.0 Å². The molecule has 1 amide bonds. The van der Waals surface area contributed by atoms with Crippen LogP contribution in [0, 0.1) is 25.2 Å². The number of aromatic nitrogens is 3. The number of carbonyl (C=O) groups is 1. The molecule has 1 saturated carbocycles. The zero-order valence-electron chi connectivity index (χ0n) is 16.1. The average molecular weight is 384 g/mol. The summed E-state index contributed by atoms with van der Waals surface area (Å²) in [6.07, 6.45) is 2.66. The van der Waals surface area contributed by atoms with Gasteiger partial charge < -0.3 is 9.47 Å². The first-order valence-electron chi connectivity index (χ1n) is 9.35. The Balaban J connectivity index is 1.74. The number of hydrogen-bond donors (Lipinski definition) is 0. The van der Waals surface area contributed by atoms with E-state index in [0.717, 1.165) is 34.3 Å². The number of thioether (sulfide) groups is 1. The second-order valence-corrected chi connectivity index (χ2v) is 7.89. The van der Waals surface area contributed by atoms with Crippen molar-refractivity contribution in [2.75, 3.05) is 17.2 Å². The number of hydrogen-bond acceptors (Lipinski definition) is 5.